The summed E-state index contributed by atoms with van der Waals surface area (Å²) in [5.74, 6) is -1.73. The first-order valence-corrected chi connectivity index (χ1v) is 8.32. The zero-order valence-electron chi connectivity index (χ0n) is 14.8. The van der Waals surface area contributed by atoms with Crippen LogP contribution in [-0.2, 0) is 11.0 Å². The molecule has 0 unspecified atom stereocenters. The van der Waals surface area contributed by atoms with Crippen molar-refractivity contribution in [3.8, 4) is 11.3 Å². The number of carboxylic acid groups (broad SMARTS) is 1. The number of carbonyl (C=O) groups is 2. The van der Waals surface area contributed by atoms with Gasteiger partial charge in [-0.05, 0) is 25.5 Å². The van der Waals surface area contributed by atoms with Gasteiger partial charge in [0.25, 0.3) is 5.91 Å². The topological polar surface area (TPSA) is 92.4 Å². The van der Waals surface area contributed by atoms with E-state index in [1.807, 2.05) is 6.92 Å². The summed E-state index contributed by atoms with van der Waals surface area (Å²) in [5.41, 5.74) is -0.524. The van der Waals surface area contributed by atoms with Crippen LogP contribution in [0.15, 0.2) is 28.8 Å². The number of alkyl halides is 3. The van der Waals surface area contributed by atoms with E-state index in [9.17, 15) is 27.9 Å². The summed E-state index contributed by atoms with van der Waals surface area (Å²) in [6, 6.07) is 3.04. The van der Waals surface area contributed by atoms with E-state index >= 15 is 0 Å². The fraction of sp³-hybridized carbons (Fsp3) is 0.389. The van der Waals surface area contributed by atoms with E-state index in [1.54, 1.807) is 0 Å². The lowest BCUT2D eigenvalue weighted by Crippen LogP contribution is -2.41. The van der Waals surface area contributed by atoms with Crippen LogP contribution in [0.2, 0.25) is 0 Å². The Hall–Kier alpha value is -2.84. The van der Waals surface area contributed by atoms with E-state index in [4.69, 9.17) is 4.52 Å². The van der Waals surface area contributed by atoms with Gasteiger partial charge in [0.2, 0.25) is 0 Å². The molecule has 1 aromatic carbocycles. The van der Waals surface area contributed by atoms with Gasteiger partial charge in [0, 0.05) is 5.56 Å². The number of carbonyl (C=O) groups excluding carboxylic acids is 1. The third-order valence-electron chi connectivity index (χ3n) is 4.03. The van der Waals surface area contributed by atoms with E-state index < -0.39 is 29.7 Å². The molecule has 0 radical (unpaired) electrons. The second-order valence-electron chi connectivity index (χ2n) is 6.04. The summed E-state index contributed by atoms with van der Waals surface area (Å²) in [4.78, 5) is 23.9. The van der Waals surface area contributed by atoms with Gasteiger partial charge < -0.3 is 14.9 Å². The zero-order chi connectivity index (χ0) is 20.2. The van der Waals surface area contributed by atoms with Crippen molar-refractivity contribution < 1.29 is 32.4 Å². The van der Waals surface area contributed by atoms with Crippen LogP contribution in [0, 0.1) is 6.92 Å². The number of amides is 1. The number of aryl methyl sites for hydroxylation is 1. The van der Waals surface area contributed by atoms with Gasteiger partial charge in [0.1, 0.15) is 23.1 Å². The third kappa shape index (κ3) is 4.87. The lowest BCUT2D eigenvalue weighted by molar-refractivity contribution is -0.139. The van der Waals surface area contributed by atoms with E-state index in [2.05, 4.69) is 10.5 Å². The summed E-state index contributed by atoms with van der Waals surface area (Å²) < 4.78 is 43.1. The Balaban J connectivity index is 2.30. The van der Waals surface area contributed by atoms with Gasteiger partial charge >= 0.3 is 12.1 Å². The Bertz CT molecular complexity index is 813. The van der Waals surface area contributed by atoms with Crippen LogP contribution >= 0.6 is 0 Å². The van der Waals surface area contributed by atoms with Gasteiger partial charge in [-0.1, -0.05) is 37.1 Å². The van der Waals surface area contributed by atoms with Crippen LogP contribution in [0.3, 0.4) is 0 Å². The summed E-state index contributed by atoms with van der Waals surface area (Å²) in [5, 5.41) is 15.4. The number of carboxylic acids is 1. The smallest absolute Gasteiger partial charge is 0.416 e. The standard InChI is InChI=1S/C18H19F3N2O4/c1-3-4-5-13(17(25)26)22-16(24)14-10(2)27-23-15(14)11-6-8-12(9-7-11)18(19,20)21/h6-9,13H,3-5H2,1-2H3,(H,22,24)(H,25,26)/t13-/m0/s1. The average molecular weight is 384 g/mol. The second-order valence-corrected chi connectivity index (χ2v) is 6.04. The molecule has 27 heavy (non-hydrogen) atoms. The predicted octanol–water partition coefficient (Wildman–Crippen LogP) is 4.04. The molecular weight excluding hydrogens is 365 g/mol. The molecule has 0 aliphatic rings. The maximum absolute atomic E-state index is 12.7. The van der Waals surface area contributed by atoms with Crippen molar-refractivity contribution in [1.82, 2.24) is 10.5 Å². The first kappa shape index (κ1) is 20.5. The highest BCUT2D eigenvalue weighted by molar-refractivity contribution is 6.02. The molecule has 0 saturated carbocycles. The van der Waals surface area contributed by atoms with Crippen molar-refractivity contribution in [2.45, 2.75) is 45.3 Å². The minimum atomic E-state index is -4.48. The first-order valence-electron chi connectivity index (χ1n) is 8.32. The number of unbranched alkanes of at least 4 members (excludes halogenated alkanes) is 1. The molecule has 0 aliphatic heterocycles. The van der Waals surface area contributed by atoms with E-state index in [0.29, 0.717) is 6.42 Å². The molecule has 1 aromatic heterocycles. The van der Waals surface area contributed by atoms with Gasteiger partial charge in [-0.2, -0.15) is 13.2 Å². The van der Waals surface area contributed by atoms with E-state index in [1.165, 1.54) is 19.1 Å². The fourth-order valence-corrected chi connectivity index (χ4v) is 2.55. The summed E-state index contributed by atoms with van der Waals surface area (Å²) >= 11 is 0. The molecule has 2 N–H and O–H groups in total. The molecule has 0 fully saturated rings. The molecule has 6 nitrogen and oxygen atoms in total. The van der Waals surface area contributed by atoms with Crippen molar-refractivity contribution in [3.63, 3.8) is 0 Å². The molecule has 2 rings (SSSR count). The van der Waals surface area contributed by atoms with Crippen LogP contribution in [0.5, 0.6) is 0 Å². The second kappa shape index (κ2) is 8.24. The molecular formula is C18H19F3N2O4. The number of benzene rings is 1. The zero-order valence-corrected chi connectivity index (χ0v) is 14.8. The van der Waals surface area contributed by atoms with Crippen molar-refractivity contribution in [3.05, 3.63) is 41.2 Å². The Morgan fingerprint density at radius 3 is 2.41 bits per heavy atom. The number of rotatable bonds is 7. The van der Waals surface area contributed by atoms with Gasteiger partial charge in [-0.25, -0.2) is 4.79 Å². The summed E-state index contributed by atoms with van der Waals surface area (Å²) in [6.45, 7) is 3.37. The van der Waals surface area contributed by atoms with Gasteiger partial charge in [0.15, 0.2) is 0 Å². The maximum atomic E-state index is 12.7. The number of nitrogens with zero attached hydrogens (tertiary/aromatic N) is 1. The normalized spacial score (nSPS) is 12.6. The molecule has 0 aliphatic carbocycles. The summed E-state index contributed by atoms with van der Waals surface area (Å²) in [7, 11) is 0. The van der Waals surface area contributed by atoms with Crippen LogP contribution < -0.4 is 5.32 Å². The minimum Gasteiger partial charge on any atom is -0.480 e. The molecule has 146 valence electrons. The minimum absolute atomic E-state index is 0.00231. The number of aliphatic carboxylic acids is 1. The number of halogens is 3. The summed E-state index contributed by atoms with van der Waals surface area (Å²) in [6.07, 6.45) is -2.83. The van der Waals surface area contributed by atoms with E-state index in [0.717, 1.165) is 18.6 Å². The largest absolute Gasteiger partial charge is 0.480 e. The molecule has 1 amide bonds. The highest BCUT2D eigenvalue weighted by Gasteiger charge is 2.31. The van der Waals surface area contributed by atoms with Crippen molar-refractivity contribution >= 4 is 11.9 Å². The Labute approximate surface area is 153 Å². The monoisotopic (exact) mass is 384 g/mol. The molecule has 1 atom stereocenters. The van der Waals surface area contributed by atoms with Crippen LogP contribution in [0.4, 0.5) is 13.2 Å². The van der Waals surface area contributed by atoms with Crippen molar-refractivity contribution in [1.29, 1.82) is 0 Å². The molecule has 0 saturated heterocycles. The average Bonchev–Trinajstić information content (AvgIpc) is 2.99. The molecule has 1 heterocycles. The van der Waals surface area contributed by atoms with Gasteiger partial charge in [-0.3, -0.25) is 4.79 Å². The number of hydrogen-bond donors (Lipinski definition) is 2. The lowest BCUT2D eigenvalue weighted by Gasteiger charge is -2.14. The first-order chi connectivity index (χ1) is 12.6. The Morgan fingerprint density at radius 1 is 1.26 bits per heavy atom. The highest BCUT2D eigenvalue weighted by atomic mass is 19.4. The van der Waals surface area contributed by atoms with Gasteiger partial charge in [-0.15, -0.1) is 0 Å². The quantitative estimate of drug-likeness (QED) is 0.752. The van der Waals surface area contributed by atoms with Crippen LogP contribution in [-0.4, -0.2) is 28.2 Å². The number of aromatic nitrogens is 1. The van der Waals surface area contributed by atoms with Crippen molar-refractivity contribution in [2.75, 3.05) is 0 Å². The third-order valence-corrected chi connectivity index (χ3v) is 4.03. The maximum Gasteiger partial charge on any atom is 0.416 e. The van der Waals surface area contributed by atoms with Gasteiger partial charge in [0.05, 0.1) is 5.56 Å². The predicted molar refractivity (Wildman–Crippen MR) is 90.1 cm³/mol. The van der Waals surface area contributed by atoms with E-state index in [-0.39, 0.29) is 29.0 Å². The van der Waals surface area contributed by atoms with Crippen LogP contribution in [0.1, 0.15) is 47.9 Å². The number of hydrogen-bond acceptors (Lipinski definition) is 4. The SMILES string of the molecule is CCCC[C@H](NC(=O)c1c(-c2ccc(C(F)(F)F)cc2)noc1C)C(=O)O. The van der Waals surface area contributed by atoms with Crippen LogP contribution in [0.25, 0.3) is 11.3 Å². The fourth-order valence-electron chi connectivity index (χ4n) is 2.55. The Kier molecular flexibility index (Phi) is 6.24. The highest BCUT2D eigenvalue weighted by Crippen LogP contribution is 2.32. The van der Waals surface area contributed by atoms with Crippen molar-refractivity contribution in [2.24, 2.45) is 0 Å². The molecule has 0 spiro atoms. The Morgan fingerprint density at radius 2 is 1.89 bits per heavy atom. The lowest BCUT2D eigenvalue weighted by atomic mass is 10.0. The number of nitrogens with one attached hydrogen (secondary N) is 1. The molecule has 2 aromatic rings. The molecule has 0 bridgehead atoms. The molecule has 9 heteroatoms.